The third kappa shape index (κ3) is 3.64. The summed E-state index contributed by atoms with van der Waals surface area (Å²) in [5, 5.41) is 12.3. The molecule has 3 heterocycles. The number of benzene rings is 3. The molecule has 0 unspecified atom stereocenters. The maximum Gasteiger partial charge on any atom is 0.335 e. The molecule has 0 bridgehead atoms. The second-order valence-corrected chi connectivity index (χ2v) is 10.9. The molecule has 1 saturated carbocycles. The molecule has 0 radical (unpaired) electrons. The number of aryl methyl sites for hydroxylation is 2. The number of carbonyl (C=O) groups is 1. The van der Waals surface area contributed by atoms with Crippen LogP contribution < -0.4 is 4.74 Å². The number of nitrogens with zero attached hydrogens (tertiary/aromatic N) is 1. The van der Waals surface area contributed by atoms with Crippen LogP contribution in [0.1, 0.15) is 65.9 Å². The van der Waals surface area contributed by atoms with Crippen molar-refractivity contribution in [2.24, 2.45) is 0 Å². The molecular weight excluding hydrogens is 472 g/mol. The summed E-state index contributed by atoms with van der Waals surface area (Å²) < 4.78 is 7.78. The van der Waals surface area contributed by atoms with Crippen LogP contribution in [0.4, 0.5) is 0 Å². The molecule has 7 rings (SSSR count). The van der Waals surface area contributed by atoms with Crippen LogP contribution in [0.25, 0.3) is 44.3 Å². The fourth-order valence-corrected chi connectivity index (χ4v) is 6.93. The van der Waals surface area contributed by atoms with Gasteiger partial charge < -0.3 is 19.4 Å². The number of aromatic amines is 1. The molecule has 5 nitrogen and oxygen atoms in total. The zero-order chi connectivity index (χ0) is 25.8. The molecular formula is C33H32N2O3. The smallest absolute Gasteiger partial charge is 0.335 e. The average Bonchev–Trinajstić information content (AvgIpc) is 3.47. The minimum Gasteiger partial charge on any atom is -0.497 e. The van der Waals surface area contributed by atoms with Crippen LogP contribution in [0.15, 0.2) is 60.7 Å². The predicted octanol–water partition coefficient (Wildman–Crippen LogP) is 8.16. The van der Waals surface area contributed by atoms with Gasteiger partial charge in [-0.1, -0.05) is 31.4 Å². The standard InChI is InChI=1S/C33H32N2O3/c1-38-23-12-9-20(10-13-23)29-19-27-24-8-5-17-35-30-18-22(33(36)37)11-14-26(30)31(21-6-3-2-4-7-21)32(35)25(24)15-16-28(27)34-29/h9-16,18-19,21,34H,2-8,17H2,1H3,(H,36,37). The van der Waals surface area contributed by atoms with Crippen molar-refractivity contribution in [3.8, 4) is 28.3 Å². The molecule has 5 heteroatoms. The van der Waals surface area contributed by atoms with Gasteiger partial charge >= 0.3 is 5.97 Å². The summed E-state index contributed by atoms with van der Waals surface area (Å²) in [4.78, 5) is 15.5. The summed E-state index contributed by atoms with van der Waals surface area (Å²) in [5.74, 6) is 0.504. The van der Waals surface area contributed by atoms with Gasteiger partial charge in [0, 0.05) is 39.6 Å². The van der Waals surface area contributed by atoms with E-state index in [1.807, 2.05) is 18.2 Å². The Balaban J connectivity index is 1.46. The molecule has 3 aromatic carbocycles. The lowest BCUT2D eigenvalue weighted by molar-refractivity contribution is 0.0697. The summed E-state index contributed by atoms with van der Waals surface area (Å²) in [6.07, 6.45) is 8.26. The molecule has 2 aromatic heterocycles. The molecule has 0 spiro atoms. The third-order valence-electron chi connectivity index (χ3n) is 8.74. The van der Waals surface area contributed by atoms with E-state index in [9.17, 15) is 9.90 Å². The third-order valence-corrected chi connectivity index (χ3v) is 8.74. The maximum atomic E-state index is 11.9. The molecule has 5 aromatic rings. The van der Waals surface area contributed by atoms with Crippen molar-refractivity contribution in [1.82, 2.24) is 9.55 Å². The first kappa shape index (κ1) is 23.2. The lowest BCUT2D eigenvalue weighted by atomic mass is 9.81. The van der Waals surface area contributed by atoms with Crippen LogP contribution in [0, 0.1) is 0 Å². The monoisotopic (exact) mass is 504 g/mol. The second kappa shape index (κ2) is 9.09. The van der Waals surface area contributed by atoms with Crippen LogP contribution in [0.5, 0.6) is 5.75 Å². The van der Waals surface area contributed by atoms with Crippen LogP contribution >= 0.6 is 0 Å². The molecule has 2 N–H and O–H groups in total. The van der Waals surface area contributed by atoms with Crippen LogP contribution in [0.2, 0.25) is 0 Å². The molecule has 38 heavy (non-hydrogen) atoms. The quantitative estimate of drug-likeness (QED) is 0.259. The number of nitrogens with one attached hydrogen (secondary N) is 1. The summed E-state index contributed by atoms with van der Waals surface area (Å²) in [7, 11) is 1.69. The Morgan fingerprint density at radius 2 is 1.76 bits per heavy atom. The highest BCUT2D eigenvalue weighted by molar-refractivity contribution is 6.01. The molecule has 2 aliphatic rings. The predicted molar refractivity (Wildman–Crippen MR) is 152 cm³/mol. The normalized spacial score (nSPS) is 15.8. The molecule has 1 aliphatic heterocycles. The number of H-pyrrole nitrogens is 1. The number of methoxy groups -OCH3 is 1. The van der Waals surface area contributed by atoms with Gasteiger partial charge in [-0.3, -0.25) is 0 Å². The molecule has 0 saturated heterocycles. The summed E-state index contributed by atoms with van der Waals surface area (Å²) in [5.41, 5.74) is 10.3. The van der Waals surface area contributed by atoms with E-state index in [1.165, 1.54) is 65.3 Å². The molecule has 1 fully saturated rings. The minimum absolute atomic E-state index is 0.364. The van der Waals surface area contributed by atoms with E-state index in [1.54, 1.807) is 13.2 Å². The second-order valence-electron chi connectivity index (χ2n) is 10.9. The zero-order valence-corrected chi connectivity index (χ0v) is 21.7. The first-order valence-corrected chi connectivity index (χ1v) is 13.8. The molecule has 0 atom stereocenters. The van der Waals surface area contributed by atoms with Crippen molar-refractivity contribution >= 4 is 27.8 Å². The first-order valence-electron chi connectivity index (χ1n) is 13.8. The van der Waals surface area contributed by atoms with E-state index in [0.717, 1.165) is 47.4 Å². The number of rotatable bonds is 4. The van der Waals surface area contributed by atoms with Gasteiger partial charge in [0.15, 0.2) is 0 Å². The van der Waals surface area contributed by atoms with E-state index < -0.39 is 5.97 Å². The van der Waals surface area contributed by atoms with E-state index in [-0.39, 0.29) is 0 Å². The summed E-state index contributed by atoms with van der Waals surface area (Å²) >= 11 is 0. The Morgan fingerprint density at radius 1 is 0.947 bits per heavy atom. The van der Waals surface area contributed by atoms with Crippen molar-refractivity contribution in [2.45, 2.75) is 57.4 Å². The van der Waals surface area contributed by atoms with Crippen LogP contribution in [0.3, 0.4) is 0 Å². The zero-order valence-electron chi connectivity index (χ0n) is 21.7. The number of hydrogen-bond acceptors (Lipinski definition) is 2. The Bertz CT molecular complexity index is 1680. The van der Waals surface area contributed by atoms with Crippen LogP contribution in [-0.4, -0.2) is 27.7 Å². The van der Waals surface area contributed by atoms with Crippen LogP contribution in [-0.2, 0) is 13.0 Å². The SMILES string of the molecule is COc1ccc(-c2cc3c4c(ccc3[nH]2)-c2c(C3CCCCC3)c3ccc(C(=O)O)cc3n2CCC4)cc1. The van der Waals surface area contributed by atoms with Crippen molar-refractivity contribution in [3.05, 3.63) is 77.4 Å². The van der Waals surface area contributed by atoms with E-state index in [0.29, 0.717) is 11.5 Å². The van der Waals surface area contributed by atoms with E-state index >= 15 is 0 Å². The number of ether oxygens (including phenoxy) is 1. The number of aromatic carboxylic acids is 1. The lowest BCUT2D eigenvalue weighted by Crippen LogP contribution is -2.07. The van der Waals surface area contributed by atoms with Crippen molar-refractivity contribution in [3.63, 3.8) is 0 Å². The van der Waals surface area contributed by atoms with Gasteiger partial charge in [-0.25, -0.2) is 4.79 Å². The molecule has 1 aliphatic carbocycles. The van der Waals surface area contributed by atoms with Gasteiger partial charge in [0.2, 0.25) is 0 Å². The highest BCUT2D eigenvalue weighted by atomic mass is 16.5. The van der Waals surface area contributed by atoms with Crippen molar-refractivity contribution < 1.29 is 14.6 Å². The van der Waals surface area contributed by atoms with Gasteiger partial charge in [-0.05, 0) is 96.8 Å². The molecule has 192 valence electrons. The fraction of sp³-hybridized carbons (Fsp3) is 0.303. The average molecular weight is 505 g/mol. The number of fused-ring (bicyclic) bond motifs is 7. The maximum absolute atomic E-state index is 11.9. The number of carboxylic acid groups (broad SMARTS) is 1. The first-order chi connectivity index (χ1) is 18.6. The number of aromatic nitrogens is 2. The van der Waals surface area contributed by atoms with Gasteiger partial charge in [-0.2, -0.15) is 0 Å². The lowest BCUT2D eigenvalue weighted by Gasteiger charge is -2.24. The van der Waals surface area contributed by atoms with Gasteiger partial charge in [0.25, 0.3) is 0 Å². The Hall–Kier alpha value is -3.99. The van der Waals surface area contributed by atoms with E-state index in [2.05, 4.69) is 45.9 Å². The van der Waals surface area contributed by atoms with E-state index in [4.69, 9.17) is 4.74 Å². The number of hydrogen-bond donors (Lipinski definition) is 2. The summed E-state index contributed by atoms with van der Waals surface area (Å²) in [6, 6.07) is 20.8. The Kier molecular flexibility index (Phi) is 5.54. The Labute approximate surface area is 222 Å². The molecule has 0 amide bonds. The Morgan fingerprint density at radius 3 is 2.53 bits per heavy atom. The highest BCUT2D eigenvalue weighted by Crippen LogP contribution is 2.47. The largest absolute Gasteiger partial charge is 0.497 e. The summed E-state index contributed by atoms with van der Waals surface area (Å²) in [6.45, 7) is 0.896. The fourth-order valence-electron chi connectivity index (χ4n) is 6.93. The van der Waals surface area contributed by atoms with Gasteiger partial charge in [0.05, 0.1) is 18.4 Å². The van der Waals surface area contributed by atoms with Gasteiger partial charge in [0.1, 0.15) is 5.75 Å². The topological polar surface area (TPSA) is 67.2 Å². The van der Waals surface area contributed by atoms with Crippen molar-refractivity contribution in [2.75, 3.05) is 7.11 Å². The van der Waals surface area contributed by atoms with Gasteiger partial charge in [-0.15, -0.1) is 0 Å². The number of carboxylic acids is 1. The highest BCUT2D eigenvalue weighted by Gasteiger charge is 2.29. The van der Waals surface area contributed by atoms with Crippen molar-refractivity contribution in [1.29, 1.82) is 0 Å². The minimum atomic E-state index is -0.865.